The highest BCUT2D eigenvalue weighted by Crippen LogP contribution is 2.34. The van der Waals surface area contributed by atoms with Crippen molar-refractivity contribution in [3.05, 3.63) is 68.6 Å². The number of nitro groups is 1. The number of methoxy groups -OCH3 is 1. The lowest BCUT2D eigenvalue weighted by Gasteiger charge is -2.15. The first-order chi connectivity index (χ1) is 14.8. The van der Waals surface area contributed by atoms with Crippen LogP contribution in [0.15, 0.2) is 47.4 Å². The molecule has 2 aromatic carbocycles. The fourth-order valence-electron chi connectivity index (χ4n) is 2.75. The van der Waals surface area contributed by atoms with Crippen LogP contribution in [-0.2, 0) is 4.79 Å². The number of thioether (sulfide) groups is 1. The molecule has 1 N–H and O–H groups in total. The maximum absolute atomic E-state index is 12.8. The zero-order chi connectivity index (χ0) is 22.5. The molecule has 1 aliphatic rings. The molecule has 0 aromatic heterocycles. The van der Waals surface area contributed by atoms with E-state index in [0.717, 1.165) is 16.8 Å². The summed E-state index contributed by atoms with van der Waals surface area (Å²) in [4.78, 5) is 36.1. The third-order valence-corrected chi connectivity index (χ3v) is 5.44. The minimum Gasteiger partial charge on any atom is -0.493 e. The van der Waals surface area contributed by atoms with Crippen molar-refractivity contribution in [2.75, 3.05) is 13.7 Å². The van der Waals surface area contributed by atoms with Gasteiger partial charge >= 0.3 is 0 Å². The van der Waals surface area contributed by atoms with Crippen LogP contribution >= 0.6 is 24.0 Å². The predicted octanol–water partition coefficient (Wildman–Crippen LogP) is 3.55. The van der Waals surface area contributed by atoms with Gasteiger partial charge in [-0.1, -0.05) is 30.0 Å². The molecule has 0 atom stereocenters. The number of nitrogens with zero attached hydrogens (tertiary/aromatic N) is 2. The molecule has 0 radical (unpaired) electrons. The summed E-state index contributed by atoms with van der Waals surface area (Å²) >= 11 is 6.20. The van der Waals surface area contributed by atoms with Gasteiger partial charge in [-0.3, -0.25) is 25.1 Å². The van der Waals surface area contributed by atoms with Gasteiger partial charge in [0.25, 0.3) is 17.5 Å². The van der Waals surface area contributed by atoms with E-state index >= 15 is 0 Å². The normalized spacial score (nSPS) is 14.6. The van der Waals surface area contributed by atoms with E-state index in [1.165, 1.54) is 31.4 Å². The minimum absolute atomic E-state index is 0.0982. The summed E-state index contributed by atoms with van der Waals surface area (Å²) in [5.41, 5.74) is 2.47. The van der Waals surface area contributed by atoms with Gasteiger partial charge in [-0.05, 0) is 49.0 Å². The quantitative estimate of drug-likeness (QED) is 0.290. The smallest absolute Gasteiger partial charge is 0.285 e. The third-order valence-electron chi connectivity index (χ3n) is 4.14. The largest absolute Gasteiger partial charge is 0.493 e. The van der Waals surface area contributed by atoms with E-state index in [1.54, 1.807) is 24.3 Å². The molecule has 0 bridgehead atoms. The number of rotatable bonds is 7. The van der Waals surface area contributed by atoms with Crippen molar-refractivity contribution in [3.63, 3.8) is 0 Å². The summed E-state index contributed by atoms with van der Waals surface area (Å²) in [6.45, 7) is 2.34. The number of hydrazine groups is 1. The molecule has 2 amide bonds. The Morgan fingerprint density at radius 3 is 2.71 bits per heavy atom. The number of para-hydroxylation sites is 1. The van der Waals surface area contributed by atoms with Crippen molar-refractivity contribution in [2.45, 2.75) is 6.92 Å². The fraction of sp³-hybridized carbons (Fsp3) is 0.150. The molecule has 1 heterocycles. The summed E-state index contributed by atoms with van der Waals surface area (Å²) in [5.74, 6) is -0.274. The number of nitro benzene ring substituents is 1. The molecule has 0 spiro atoms. The highest BCUT2D eigenvalue weighted by molar-refractivity contribution is 8.26. The van der Waals surface area contributed by atoms with Gasteiger partial charge in [0.2, 0.25) is 0 Å². The van der Waals surface area contributed by atoms with Gasteiger partial charge in [-0.15, -0.1) is 0 Å². The Bertz CT molecular complexity index is 1100. The van der Waals surface area contributed by atoms with E-state index in [9.17, 15) is 19.7 Å². The number of thiocarbonyl (C=S) groups is 1. The molecule has 31 heavy (non-hydrogen) atoms. The Labute approximate surface area is 187 Å². The summed E-state index contributed by atoms with van der Waals surface area (Å²) in [5, 5.41) is 12.1. The van der Waals surface area contributed by atoms with E-state index in [2.05, 4.69) is 5.43 Å². The van der Waals surface area contributed by atoms with Crippen molar-refractivity contribution >= 4 is 51.9 Å². The maximum atomic E-state index is 12.8. The molecule has 160 valence electrons. The molecule has 1 fully saturated rings. The summed E-state index contributed by atoms with van der Waals surface area (Å²) in [6, 6.07) is 10.6. The number of carbonyl (C=O) groups excluding carboxylic acids is 2. The number of carbonyl (C=O) groups is 2. The molecule has 0 unspecified atom stereocenters. The maximum Gasteiger partial charge on any atom is 0.285 e. The number of nitrogens with one attached hydrogen (secondary N) is 1. The number of ether oxygens (including phenoxy) is 2. The summed E-state index contributed by atoms with van der Waals surface area (Å²) in [7, 11) is 1.51. The van der Waals surface area contributed by atoms with Crippen molar-refractivity contribution in [2.24, 2.45) is 0 Å². The number of amides is 2. The van der Waals surface area contributed by atoms with Gasteiger partial charge in [0.1, 0.15) is 5.56 Å². The summed E-state index contributed by atoms with van der Waals surface area (Å²) < 4.78 is 10.9. The number of hydrogen-bond donors (Lipinski definition) is 1. The zero-order valence-electron chi connectivity index (χ0n) is 16.5. The van der Waals surface area contributed by atoms with Gasteiger partial charge in [0, 0.05) is 6.07 Å². The minimum atomic E-state index is -0.812. The van der Waals surface area contributed by atoms with E-state index in [-0.39, 0.29) is 20.5 Å². The van der Waals surface area contributed by atoms with E-state index in [4.69, 9.17) is 21.7 Å². The third kappa shape index (κ3) is 4.84. The Hall–Kier alpha value is -3.44. The average Bonchev–Trinajstić information content (AvgIpc) is 3.02. The second kappa shape index (κ2) is 9.58. The van der Waals surface area contributed by atoms with Gasteiger partial charge < -0.3 is 9.47 Å². The van der Waals surface area contributed by atoms with E-state index in [1.807, 2.05) is 6.92 Å². The molecule has 3 rings (SSSR count). The Morgan fingerprint density at radius 2 is 2.03 bits per heavy atom. The lowest BCUT2D eigenvalue weighted by molar-refractivity contribution is -0.385. The monoisotopic (exact) mass is 459 g/mol. The molecule has 9 nitrogen and oxygen atoms in total. The second-order valence-electron chi connectivity index (χ2n) is 6.08. The molecule has 0 aliphatic carbocycles. The van der Waals surface area contributed by atoms with Gasteiger partial charge in [0.05, 0.1) is 23.5 Å². The van der Waals surface area contributed by atoms with Crippen molar-refractivity contribution in [1.29, 1.82) is 0 Å². The van der Waals surface area contributed by atoms with Crippen molar-refractivity contribution < 1.29 is 24.0 Å². The van der Waals surface area contributed by atoms with Crippen LogP contribution in [0.1, 0.15) is 22.8 Å². The van der Waals surface area contributed by atoms with Crippen LogP contribution in [0.3, 0.4) is 0 Å². The second-order valence-corrected chi connectivity index (χ2v) is 7.75. The Morgan fingerprint density at radius 1 is 1.29 bits per heavy atom. The van der Waals surface area contributed by atoms with Crippen molar-refractivity contribution in [3.8, 4) is 11.5 Å². The van der Waals surface area contributed by atoms with Crippen LogP contribution in [0.2, 0.25) is 0 Å². The zero-order valence-corrected chi connectivity index (χ0v) is 18.1. The molecule has 1 aliphatic heterocycles. The molecular formula is C20H17N3O6S2. The SMILES string of the molecule is CCOc1ccc(/C=C2\SC(=S)N(NC(=O)c3ccccc3[N+](=O)[O-])C2=O)cc1OC. The van der Waals surface area contributed by atoms with Gasteiger partial charge in [-0.25, -0.2) is 0 Å². The van der Waals surface area contributed by atoms with Crippen LogP contribution in [0.5, 0.6) is 11.5 Å². The first kappa shape index (κ1) is 22.2. The standard InChI is InChI=1S/C20H17N3O6S2/c1-3-29-15-9-8-12(10-16(15)28-2)11-17-19(25)22(20(30)31-17)21-18(24)13-6-4-5-7-14(13)23(26)27/h4-11H,3H2,1-2H3,(H,21,24)/b17-11-. The van der Waals surface area contributed by atoms with Crippen LogP contribution in [0.25, 0.3) is 6.08 Å². The molecule has 1 saturated heterocycles. The number of hydrogen-bond acceptors (Lipinski definition) is 8. The highest BCUT2D eigenvalue weighted by atomic mass is 32.2. The predicted molar refractivity (Wildman–Crippen MR) is 120 cm³/mol. The molecular weight excluding hydrogens is 442 g/mol. The van der Waals surface area contributed by atoms with Gasteiger partial charge in [0.15, 0.2) is 15.8 Å². The lowest BCUT2D eigenvalue weighted by Crippen LogP contribution is -2.45. The van der Waals surface area contributed by atoms with Crippen LogP contribution < -0.4 is 14.9 Å². The molecule has 2 aromatic rings. The van der Waals surface area contributed by atoms with Crippen molar-refractivity contribution in [1.82, 2.24) is 10.4 Å². The first-order valence-electron chi connectivity index (χ1n) is 8.99. The lowest BCUT2D eigenvalue weighted by atomic mass is 10.1. The molecule has 11 heteroatoms. The first-order valence-corrected chi connectivity index (χ1v) is 10.2. The number of benzene rings is 2. The van der Waals surface area contributed by atoms with Crippen LogP contribution in [0, 0.1) is 10.1 Å². The topological polar surface area (TPSA) is 111 Å². The fourth-order valence-corrected chi connectivity index (χ4v) is 3.93. The van der Waals surface area contributed by atoms with E-state index in [0.29, 0.717) is 23.7 Å². The Balaban J connectivity index is 1.81. The Kier molecular flexibility index (Phi) is 6.88. The van der Waals surface area contributed by atoms with Crippen LogP contribution in [0.4, 0.5) is 5.69 Å². The summed E-state index contributed by atoms with van der Waals surface area (Å²) in [6.07, 6.45) is 1.61. The highest BCUT2D eigenvalue weighted by Gasteiger charge is 2.34. The average molecular weight is 460 g/mol. The molecule has 0 saturated carbocycles. The van der Waals surface area contributed by atoms with E-state index < -0.39 is 16.7 Å². The van der Waals surface area contributed by atoms with Gasteiger partial charge in [-0.2, -0.15) is 5.01 Å². The van der Waals surface area contributed by atoms with Crippen LogP contribution in [-0.4, -0.2) is 39.8 Å².